The van der Waals surface area contributed by atoms with Crippen LogP contribution in [0.1, 0.15) is 54.3 Å². The maximum Gasteiger partial charge on any atom is 0.305 e. The summed E-state index contributed by atoms with van der Waals surface area (Å²) in [4.78, 5) is 27.7. The number of carboxylic acid groups (broad SMARTS) is 1. The van der Waals surface area contributed by atoms with E-state index in [9.17, 15) is 9.59 Å². The molecule has 5 rings (SSSR count). The average molecular weight is 511 g/mol. The number of carbonyl (C=O) groups is 2. The average Bonchev–Trinajstić information content (AvgIpc) is 3.50. The number of nitrogens with zero attached hydrogens (tertiary/aromatic N) is 3. The third-order valence-electron chi connectivity index (χ3n) is 6.62. The van der Waals surface area contributed by atoms with Gasteiger partial charge in [-0.15, -0.1) is 0 Å². The van der Waals surface area contributed by atoms with Crippen LogP contribution in [0, 0.1) is 12.8 Å². The second-order valence-electron chi connectivity index (χ2n) is 9.99. The van der Waals surface area contributed by atoms with Gasteiger partial charge in [0.1, 0.15) is 17.0 Å². The van der Waals surface area contributed by atoms with Gasteiger partial charge in [0.2, 0.25) is 0 Å². The second-order valence-corrected chi connectivity index (χ2v) is 9.99. The van der Waals surface area contributed by atoms with E-state index in [1.807, 2.05) is 48.1 Å². The van der Waals surface area contributed by atoms with Gasteiger partial charge in [0, 0.05) is 29.1 Å². The molecule has 8 nitrogen and oxygen atoms in total. The molecule has 0 aliphatic heterocycles. The van der Waals surface area contributed by atoms with Gasteiger partial charge >= 0.3 is 5.97 Å². The highest BCUT2D eigenvalue weighted by atomic mass is 16.4. The van der Waals surface area contributed by atoms with Gasteiger partial charge in [0.15, 0.2) is 0 Å². The molecule has 1 atom stereocenters. The lowest BCUT2D eigenvalue weighted by atomic mass is 9.96. The fourth-order valence-corrected chi connectivity index (χ4v) is 4.79. The molecule has 3 aromatic heterocycles. The first-order valence-corrected chi connectivity index (χ1v) is 12.7. The molecule has 0 aliphatic carbocycles. The second kappa shape index (κ2) is 10.5. The summed E-state index contributed by atoms with van der Waals surface area (Å²) >= 11 is 0. The van der Waals surface area contributed by atoms with E-state index in [1.165, 1.54) is 0 Å². The molecule has 0 saturated carbocycles. The summed E-state index contributed by atoms with van der Waals surface area (Å²) in [5.41, 5.74) is 4.84. The SMILES string of the molecule is Cc1cc(C(CC(C)C)n2ncc3cc(-c4cc5ccccc5o4)ccc32)cnc1C(=O)NCCC(=O)O. The summed E-state index contributed by atoms with van der Waals surface area (Å²) < 4.78 is 8.09. The number of hydrogen-bond acceptors (Lipinski definition) is 5. The number of benzene rings is 2. The fraction of sp³-hybridized carbons (Fsp3) is 0.267. The highest BCUT2D eigenvalue weighted by Gasteiger charge is 2.22. The zero-order valence-electron chi connectivity index (χ0n) is 21.6. The number of amides is 1. The Labute approximate surface area is 220 Å². The minimum Gasteiger partial charge on any atom is -0.481 e. The van der Waals surface area contributed by atoms with Crippen LogP contribution in [0.15, 0.2) is 71.4 Å². The molecular weight excluding hydrogens is 480 g/mol. The van der Waals surface area contributed by atoms with E-state index in [0.29, 0.717) is 11.6 Å². The van der Waals surface area contributed by atoms with Crippen molar-refractivity contribution in [3.8, 4) is 11.3 Å². The number of furan rings is 1. The first kappa shape index (κ1) is 25.2. The van der Waals surface area contributed by atoms with E-state index in [0.717, 1.165) is 50.7 Å². The molecule has 0 spiro atoms. The Bertz CT molecular complexity index is 1600. The molecule has 1 unspecified atom stereocenters. The standard InChI is InChI=1S/C30H30N4O4/c1-18(2)12-25(22-13-19(3)29(32-16-22)30(37)31-11-10-28(35)36)34-24-9-8-21(14-23(24)17-33-34)27-15-20-6-4-5-7-26(20)38-27/h4-9,13-18,25H,10-12H2,1-3H3,(H,31,37)(H,35,36). The molecule has 0 saturated heterocycles. The smallest absolute Gasteiger partial charge is 0.305 e. The highest BCUT2D eigenvalue weighted by Crippen LogP contribution is 2.33. The predicted molar refractivity (Wildman–Crippen MR) is 146 cm³/mol. The number of carbonyl (C=O) groups excluding carboxylic acids is 1. The Morgan fingerprint density at radius 3 is 2.61 bits per heavy atom. The van der Waals surface area contributed by atoms with Crippen LogP contribution in [-0.4, -0.2) is 38.3 Å². The van der Waals surface area contributed by atoms with Crippen molar-refractivity contribution in [3.63, 3.8) is 0 Å². The molecule has 0 bridgehead atoms. The lowest BCUT2D eigenvalue weighted by molar-refractivity contribution is -0.136. The van der Waals surface area contributed by atoms with Gasteiger partial charge in [-0.25, -0.2) is 0 Å². The summed E-state index contributed by atoms with van der Waals surface area (Å²) in [5.74, 6) is -0.124. The molecule has 2 aromatic carbocycles. The normalized spacial score (nSPS) is 12.3. The first-order chi connectivity index (χ1) is 18.3. The highest BCUT2D eigenvalue weighted by molar-refractivity contribution is 5.94. The first-order valence-electron chi connectivity index (χ1n) is 12.7. The van der Waals surface area contributed by atoms with Crippen molar-refractivity contribution in [1.82, 2.24) is 20.1 Å². The van der Waals surface area contributed by atoms with E-state index in [4.69, 9.17) is 14.6 Å². The van der Waals surface area contributed by atoms with Crippen molar-refractivity contribution in [2.75, 3.05) is 6.54 Å². The monoisotopic (exact) mass is 510 g/mol. The summed E-state index contributed by atoms with van der Waals surface area (Å²) in [6.45, 7) is 6.24. The number of para-hydroxylation sites is 1. The number of rotatable bonds is 9. The molecule has 3 heterocycles. The number of fused-ring (bicyclic) bond motifs is 2. The maximum absolute atomic E-state index is 12.5. The molecule has 0 aliphatic rings. The van der Waals surface area contributed by atoms with E-state index >= 15 is 0 Å². The van der Waals surface area contributed by atoms with Crippen molar-refractivity contribution in [2.45, 2.75) is 39.7 Å². The van der Waals surface area contributed by atoms with Crippen LogP contribution in [0.2, 0.25) is 0 Å². The fourth-order valence-electron chi connectivity index (χ4n) is 4.79. The molecule has 2 N–H and O–H groups in total. The molecule has 1 amide bonds. The van der Waals surface area contributed by atoms with E-state index in [1.54, 1.807) is 6.20 Å². The predicted octanol–water partition coefficient (Wildman–Crippen LogP) is 5.99. The lowest BCUT2D eigenvalue weighted by Crippen LogP contribution is -2.27. The Morgan fingerprint density at radius 1 is 1.05 bits per heavy atom. The number of aromatic nitrogens is 3. The van der Waals surface area contributed by atoms with Crippen LogP contribution in [0.3, 0.4) is 0 Å². The Kier molecular flexibility index (Phi) is 6.96. The van der Waals surface area contributed by atoms with Crippen LogP contribution in [0.5, 0.6) is 0 Å². The number of hydrogen-bond donors (Lipinski definition) is 2. The number of nitrogens with one attached hydrogen (secondary N) is 1. The van der Waals surface area contributed by atoms with Gasteiger partial charge in [-0.2, -0.15) is 5.10 Å². The third kappa shape index (κ3) is 5.16. The summed E-state index contributed by atoms with van der Waals surface area (Å²) in [5, 5.41) is 18.3. The Hall–Kier alpha value is -4.46. The lowest BCUT2D eigenvalue weighted by Gasteiger charge is -2.22. The van der Waals surface area contributed by atoms with Gasteiger partial charge < -0.3 is 14.8 Å². The van der Waals surface area contributed by atoms with Crippen LogP contribution in [-0.2, 0) is 4.79 Å². The van der Waals surface area contributed by atoms with Crippen molar-refractivity contribution < 1.29 is 19.1 Å². The molecule has 8 heteroatoms. The van der Waals surface area contributed by atoms with Crippen LogP contribution < -0.4 is 5.32 Å². The largest absolute Gasteiger partial charge is 0.481 e. The minimum absolute atomic E-state index is 0.0578. The van der Waals surface area contributed by atoms with Crippen LogP contribution in [0.25, 0.3) is 33.2 Å². The topological polar surface area (TPSA) is 110 Å². The molecular formula is C30H30N4O4. The number of aryl methyl sites for hydroxylation is 1. The molecule has 194 valence electrons. The van der Waals surface area contributed by atoms with Crippen molar-refractivity contribution >= 4 is 33.7 Å². The molecule has 0 fully saturated rings. The number of pyridine rings is 1. The van der Waals surface area contributed by atoms with E-state index in [-0.39, 0.29) is 24.9 Å². The van der Waals surface area contributed by atoms with Crippen molar-refractivity contribution in [3.05, 3.63) is 83.8 Å². The molecule has 0 radical (unpaired) electrons. The third-order valence-corrected chi connectivity index (χ3v) is 6.62. The zero-order valence-corrected chi connectivity index (χ0v) is 21.6. The van der Waals surface area contributed by atoms with E-state index in [2.05, 4.69) is 48.4 Å². The van der Waals surface area contributed by atoms with Crippen molar-refractivity contribution in [2.24, 2.45) is 5.92 Å². The van der Waals surface area contributed by atoms with Crippen molar-refractivity contribution in [1.29, 1.82) is 0 Å². The quantitative estimate of drug-likeness (QED) is 0.252. The van der Waals surface area contributed by atoms with Gasteiger partial charge in [-0.3, -0.25) is 19.3 Å². The van der Waals surface area contributed by atoms with Gasteiger partial charge in [0.05, 0.1) is 24.2 Å². The zero-order chi connectivity index (χ0) is 26.8. The summed E-state index contributed by atoms with van der Waals surface area (Å²) in [6.07, 6.45) is 4.30. The number of carboxylic acids is 1. The number of aliphatic carboxylic acids is 1. The Morgan fingerprint density at radius 2 is 1.87 bits per heavy atom. The van der Waals surface area contributed by atoms with E-state index < -0.39 is 5.97 Å². The molecule has 38 heavy (non-hydrogen) atoms. The summed E-state index contributed by atoms with van der Waals surface area (Å²) in [6, 6.07) is 18.1. The Balaban J connectivity index is 1.45. The molecule has 5 aromatic rings. The summed E-state index contributed by atoms with van der Waals surface area (Å²) in [7, 11) is 0. The van der Waals surface area contributed by atoms with Gasteiger partial charge in [-0.1, -0.05) is 38.1 Å². The van der Waals surface area contributed by atoms with Crippen LogP contribution >= 0.6 is 0 Å². The van der Waals surface area contributed by atoms with Gasteiger partial charge in [0.25, 0.3) is 5.91 Å². The minimum atomic E-state index is -0.960. The van der Waals surface area contributed by atoms with Gasteiger partial charge in [-0.05, 0) is 60.7 Å². The van der Waals surface area contributed by atoms with Crippen LogP contribution in [0.4, 0.5) is 0 Å². The maximum atomic E-state index is 12.5.